The van der Waals surface area contributed by atoms with E-state index in [1.165, 1.54) is 14.0 Å². The van der Waals surface area contributed by atoms with E-state index in [2.05, 4.69) is 15.3 Å². The third kappa shape index (κ3) is 5.88. The van der Waals surface area contributed by atoms with Crippen LogP contribution in [0.2, 0.25) is 0 Å². The van der Waals surface area contributed by atoms with Crippen LogP contribution in [0.25, 0.3) is 0 Å². The largest absolute Gasteiger partial charge is 0.483 e. The minimum absolute atomic E-state index is 0.167. The van der Waals surface area contributed by atoms with Crippen molar-refractivity contribution in [2.75, 3.05) is 31.7 Å². The molecule has 0 unspecified atom stereocenters. The Labute approximate surface area is 180 Å². The fourth-order valence-electron chi connectivity index (χ4n) is 4.15. The van der Waals surface area contributed by atoms with Crippen molar-refractivity contribution in [2.24, 2.45) is 0 Å². The molecule has 0 saturated carbocycles. The summed E-state index contributed by atoms with van der Waals surface area (Å²) in [6.45, 7) is 6.36. The number of nitrogens with one attached hydrogen (secondary N) is 1. The molecule has 3 rings (SSSR count). The van der Waals surface area contributed by atoms with E-state index >= 15 is 0 Å². The first-order chi connectivity index (χ1) is 14.6. The van der Waals surface area contributed by atoms with Crippen LogP contribution < -0.4 is 10.2 Å². The standard InChI is InChI=1S/C19H28N4O5.CH2O2/c1-12-9-14(16(26)27-4)21-17(20-12)23-7-5-19(6-8-23)11-18(3,22-13(2)24)15(25)10-28-19;2-1-3/h9,15,25H,5-8,10-11H2,1-4H3,(H,22,24);1H,(H,2,3)/t15-,18-;/m1./s1. The fourth-order valence-corrected chi connectivity index (χ4v) is 4.15. The Morgan fingerprint density at radius 3 is 2.52 bits per heavy atom. The molecule has 2 atom stereocenters. The summed E-state index contributed by atoms with van der Waals surface area (Å²) in [5.41, 5.74) is -0.201. The lowest BCUT2D eigenvalue weighted by Crippen LogP contribution is -2.65. The molecule has 172 valence electrons. The summed E-state index contributed by atoms with van der Waals surface area (Å²) in [6, 6.07) is 1.60. The third-order valence-corrected chi connectivity index (χ3v) is 5.63. The number of nitrogens with zero attached hydrogens (tertiary/aromatic N) is 3. The molecule has 1 aromatic rings. The number of aryl methyl sites for hydroxylation is 1. The number of hydrogen-bond acceptors (Lipinski definition) is 9. The van der Waals surface area contributed by atoms with Crippen molar-refractivity contribution in [3.05, 3.63) is 17.5 Å². The first kappa shape index (κ1) is 24.5. The predicted octanol–water partition coefficient (Wildman–Crippen LogP) is 0.287. The van der Waals surface area contributed by atoms with Crippen molar-refractivity contribution in [3.63, 3.8) is 0 Å². The quantitative estimate of drug-likeness (QED) is 0.443. The second kappa shape index (κ2) is 10.0. The van der Waals surface area contributed by atoms with Crippen LogP contribution in [-0.2, 0) is 19.1 Å². The van der Waals surface area contributed by atoms with Gasteiger partial charge in [0.15, 0.2) is 5.69 Å². The van der Waals surface area contributed by atoms with Gasteiger partial charge in [-0.25, -0.2) is 14.8 Å². The molecule has 3 N–H and O–H groups in total. The fraction of sp³-hybridized carbons (Fsp3) is 0.650. The Balaban J connectivity index is 0.00000107. The molecular formula is C20H30N4O7. The number of piperidine rings is 1. The lowest BCUT2D eigenvalue weighted by atomic mass is 9.74. The van der Waals surface area contributed by atoms with Gasteiger partial charge in [-0.3, -0.25) is 9.59 Å². The number of carboxylic acid groups (broad SMARTS) is 1. The number of anilines is 1. The van der Waals surface area contributed by atoms with Gasteiger partial charge in [-0.15, -0.1) is 0 Å². The van der Waals surface area contributed by atoms with E-state index in [1.54, 1.807) is 6.07 Å². The van der Waals surface area contributed by atoms with E-state index in [-0.39, 0.29) is 24.7 Å². The van der Waals surface area contributed by atoms with E-state index in [0.717, 1.165) is 0 Å². The number of aromatic nitrogens is 2. The molecular weight excluding hydrogens is 408 g/mol. The number of aliphatic hydroxyl groups excluding tert-OH is 1. The molecule has 2 saturated heterocycles. The molecule has 31 heavy (non-hydrogen) atoms. The van der Waals surface area contributed by atoms with Crippen LogP contribution in [0.5, 0.6) is 0 Å². The second-order valence-corrected chi connectivity index (χ2v) is 8.06. The van der Waals surface area contributed by atoms with Crippen LogP contribution in [-0.4, -0.2) is 82.6 Å². The van der Waals surface area contributed by atoms with Gasteiger partial charge in [0, 0.05) is 32.1 Å². The summed E-state index contributed by atoms with van der Waals surface area (Å²) < 4.78 is 10.8. The van der Waals surface area contributed by atoms with Crippen LogP contribution in [0, 0.1) is 6.92 Å². The van der Waals surface area contributed by atoms with Crippen LogP contribution in [0.15, 0.2) is 6.07 Å². The predicted molar refractivity (Wildman–Crippen MR) is 110 cm³/mol. The molecule has 2 aliphatic heterocycles. The highest BCUT2D eigenvalue weighted by atomic mass is 16.5. The van der Waals surface area contributed by atoms with Gasteiger partial charge in [0.05, 0.1) is 24.9 Å². The molecule has 11 nitrogen and oxygen atoms in total. The van der Waals surface area contributed by atoms with Gasteiger partial charge < -0.3 is 29.9 Å². The zero-order valence-electron chi connectivity index (χ0n) is 18.3. The molecule has 1 aromatic heterocycles. The molecule has 0 aromatic carbocycles. The lowest BCUT2D eigenvalue weighted by Gasteiger charge is -2.51. The summed E-state index contributed by atoms with van der Waals surface area (Å²) in [6.07, 6.45) is 1.21. The van der Waals surface area contributed by atoms with Gasteiger partial charge in [-0.2, -0.15) is 0 Å². The second-order valence-electron chi connectivity index (χ2n) is 8.06. The van der Waals surface area contributed by atoms with Crippen LogP contribution >= 0.6 is 0 Å². The van der Waals surface area contributed by atoms with Gasteiger partial charge in [0.1, 0.15) is 6.10 Å². The number of amides is 1. The summed E-state index contributed by atoms with van der Waals surface area (Å²) >= 11 is 0. The van der Waals surface area contributed by atoms with E-state index in [9.17, 15) is 14.7 Å². The van der Waals surface area contributed by atoms with E-state index in [0.29, 0.717) is 44.0 Å². The van der Waals surface area contributed by atoms with Gasteiger partial charge in [0.2, 0.25) is 11.9 Å². The molecule has 1 amide bonds. The van der Waals surface area contributed by atoms with Crippen molar-refractivity contribution in [1.82, 2.24) is 15.3 Å². The minimum atomic E-state index is -0.747. The van der Waals surface area contributed by atoms with Crippen molar-refractivity contribution >= 4 is 24.3 Å². The van der Waals surface area contributed by atoms with Crippen LogP contribution in [0.4, 0.5) is 5.95 Å². The minimum Gasteiger partial charge on any atom is -0.483 e. The van der Waals surface area contributed by atoms with Crippen LogP contribution in [0.1, 0.15) is 49.3 Å². The Bertz CT molecular complexity index is 811. The summed E-state index contributed by atoms with van der Waals surface area (Å²) in [4.78, 5) is 42.6. The summed E-state index contributed by atoms with van der Waals surface area (Å²) in [5, 5.41) is 20.1. The molecule has 0 aliphatic carbocycles. The summed E-state index contributed by atoms with van der Waals surface area (Å²) in [5.74, 6) is -0.161. The Morgan fingerprint density at radius 1 is 1.35 bits per heavy atom. The first-order valence-electron chi connectivity index (χ1n) is 9.95. The van der Waals surface area contributed by atoms with E-state index in [1.807, 2.05) is 18.7 Å². The van der Waals surface area contributed by atoms with Gasteiger partial charge in [-0.05, 0) is 32.8 Å². The van der Waals surface area contributed by atoms with Gasteiger partial charge in [-0.1, -0.05) is 0 Å². The van der Waals surface area contributed by atoms with Crippen molar-refractivity contribution in [3.8, 4) is 0 Å². The average molecular weight is 438 g/mol. The monoisotopic (exact) mass is 438 g/mol. The first-order valence-corrected chi connectivity index (χ1v) is 9.95. The maximum absolute atomic E-state index is 11.8. The number of ether oxygens (including phenoxy) is 2. The average Bonchev–Trinajstić information content (AvgIpc) is 2.70. The van der Waals surface area contributed by atoms with Crippen molar-refractivity contribution < 1.29 is 34.1 Å². The molecule has 2 aliphatic rings. The molecule has 2 fully saturated rings. The van der Waals surface area contributed by atoms with E-state index < -0.39 is 23.2 Å². The summed E-state index contributed by atoms with van der Waals surface area (Å²) in [7, 11) is 1.32. The highest BCUT2D eigenvalue weighted by Crippen LogP contribution is 2.40. The van der Waals surface area contributed by atoms with E-state index in [4.69, 9.17) is 19.4 Å². The SMILES string of the molecule is COC(=O)c1cc(C)nc(N2CCC3(CC2)C[C@@](C)(NC(C)=O)[C@H](O)CO3)n1.O=CO. The van der Waals surface area contributed by atoms with Crippen molar-refractivity contribution in [2.45, 2.75) is 57.3 Å². The Morgan fingerprint density at radius 2 is 1.97 bits per heavy atom. The lowest BCUT2D eigenvalue weighted by molar-refractivity contribution is -0.172. The Kier molecular flexibility index (Phi) is 7.91. The third-order valence-electron chi connectivity index (χ3n) is 5.63. The maximum atomic E-state index is 11.8. The number of esters is 1. The number of aliphatic hydroxyl groups is 1. The Hall–Kier alpha value is -2.79. The van der Waals surface area contributed by atoms with Crippen LogP contribution in [0.3, 0.4) is 0 Å². The normalized spacial score (nSPS) is 24.5. The zero-order valence-corrected chi connectivity index (χ0v) is 18.3. The van der Waals surface area contributed by atoms with Gasteiger partial charge in [0.25, 0.3) is 6.47 Å². The molecule has 0 bridgehead atoms. The topological polar surface area (TPSA) is 151 Å². The molecule has 0 radical (unpaired) electrons. The smallest absolute Gasteiger partial charge is 0.356 e. The highest BCUT2D eigenvalue weighted by Gasteiger charge is 2.50. The number of methoxy groups -OCH3 is 1. The molecule has 3 heterocycles. The number of carbonyl (C=O) groups excluding carboxylic acids is 2. The zero-order chi connectivity index (χ0) is 23.2. The highest BCUT2D eigenvalue weighted by molar-refractivity contribution is 5.87. The number of rotatable bonds is 3. The van der Waals surface area contributed by atoms with Gasteiger partial charge >= 0.3 is 5.97 Å². The van der Waals surface area contributed by atoms with Crippen molar-refractivity contribution in [1.29, 1.82) is 0 Å². The number of carbonyl (C=O) groups is 3. The maximum Gasteiger partial charge on any atom is 0.356 e. The molecule has 11 heteroatoms. The molecule has 1 spiro atoms. The number of hydrogen-bond donors (Lipinski definition) is 3.